The number of rotatable bonds is 8. The summed E-state index contributed by atoms with van der Waals surface area (Å²) in [4.78, 5) is 9.50. The van der Waals surface area contributed by atoms with Crippen molar-refractivity contribution in [2.45, 2.75) is 64.4 Å². The van der Waals surface area contributed by atoms with Gasteiger partial charge in [0, 0.05) is 50.9 Å². The molecule has 4 heterocycles. The second-order valence-electron chi connectivity index (χ2n) is 8.04. The standard InChI is InChI=1S/C22H33N5O/c1-2-26-13-6-8-20(26)17-25(16-19-7-5-11-23-15-19)18-21-10-12-24-27(21)22-9-3-4-14-28-22/h5,7,10-12,15,20,22H,2-4,6,8-9,13-14,16-18H2,1H3/t20-,22+/m1/s1. The molecule has 0 saturated carbocycles. The fourth-order valence-electron chi connectivity index (χ4n) is 4.62. The zero-order valence-electron chi connectivity index (χ0n) is 17.0. The first-order valence-corrected chi connectivity index (χ1v) is 10.8. The van der Waals surface area contributed by atoms with Crippen molar-refractivity contribution in [2.24, 2.45) is 0 Å². The zero-order chi connectivity index (χ0) is 19.2. The highest BCUT2D eigenvalue weighted by Crippen LogP contribution is 2.25. The lowest BCUT2D eigenvalue weighted by atomic mass is 10.1. The fraction of sp³-hybridized carbons (Fsp3) is 0.636. The van der Waals surface area contributed by atoms with Crippen LogP contribution in [0.25, 0.3) is 0 Å². The third-order valence-electron chi connectivity index (χ3n) is 6.07. The number of likely N-dealkylation sites (tertiary alicyclic amines) is 1. The highest BCUT2D eigenvalue weighted by molar-refractivity contribution is 5.09. The third-order valence-corrected chi connectivity index (χ3v) is 6.07. The van der Waals surface area contributed by atoms with Crippen LogP contribution in [0.5, 0.6) is 0 Å². The topological polar surface area (TPSA) is 46.4 Å². The van der Waals surface area contributed by atoms with Crippen LogP contribution in [-0.4, -0.2) is 56.8 Å². The first-order valence-electron chi connectivity index (χ1n) is 10.8. The molecule has 0 aliphatic carbocycles. The smallest absolute Gasteiger partial charge is 0.150 e. The van der Waals surface area contributed by atoms with Crippen LogP contribution in [0, 0.1) is 0 Å². The Morgan fingerprint density at radius 3 is 2.89 bits per heavy atom. The highest BCUT2D eigenvalue weighted by atomic mass is 16.5. The molecule has 0 radical (unpaired) electrons. The molecule has 28 heavy (non-hydrogen) atoms. The van der Waals surface area contributed by atoms with Gasteiger partial charge in [-0.2, -0.15) is 5.10 Å². The van der Waals surface area contributed by atoms with Crippen LogP contribution >= 0.6 is 0 Å². The lowest BCUT2D eigenvalue weighted by Gasteiger charge is -2.31. The number of likely N-dealkylation sites (N-methyl/N-ethyl adjacent to an activating group) is 1. The molecule has 2 aromatic heterocycles. The van der Waals surface area contributed by atoms with Gasteiger partial charge in [-0.25, -0.2) is 4.68 Å². The Morgan fingerprint density at radius 1 is 1.14 bits per heavy atom. The molecule has 2 aliphatic heterocycles. The summed E-state index contributed by atoms with van der Waals surface area (Å²) in [6, 6.07) is 7.00. The van der Waals surface area contributed by atoms with E-state index in [4.69, 9.17) is 4.74 Å². The first kappa shape index (κ1) is 19.6. The average molecular weight is 384 g/mol. The molecule has 2 aromatic rings. The summed E-state index contributed by atoms with van der Waals surface area (Å²) in [7, 11) is 0. The molecule has 4 rings (SSSR count). The maximum Gasteiger partial charge on any atom is 0.150 e. The molecular formula is C22H33N5O. The maximum atomic E-state index is 5.99. The molecule has 6 nitrogen and oxygen atoms in total. The summed E-state index contributed by atoms with van der Waals surface area (Å²) in [5.41, 5.74) is 2.51. The fourth-order valence-corrected chi connectivity index (χ4v) is 4.62. The first-order chi connectivity index (χ1) is 13.8. The quantitative estimate of drug-likeness (QED) is 0.699. The Hall–Kier alpha value is -1.76. The van der Waals surface area contributed by atoms with Crippen LogP contribution < -0.4 is 0 Å². The van der Waals surface area contributed by atoms with Crippen molar-refractivity contribution < 1.29 is 4.74 Å². The van der Waals surface area contributed by atoms with Gasteiger partial charge in [0.05, 0.1) is 5.69 Å². The van der Waals surface area contributed by atoms with E-state index in [0.717, 1.165) is 45.6 Å². The molecule has 2 atom stereocenters. The number of hydrogen-bond donors (Lipinski definition) is 0. The molecule has 0 aromatic carbocycles. The van der Waals surface area contributed by atoms with Crippen molar-refractivity contribution in [3.05, 3.63) is 48.0 Å². The minimum absolute atomic E-state index is 0.0950. The minimum Gasteiger partial charge on any atom is -0.357 e. The van der Waals surface area contributed by atoms with E-state index in [1.54, 1.807) is 0 Å². The summed E-state index contributed by atoms with van der Waals surface area (Å²) < 4.78 is 8.11. The van der Waals surface area contributed by atoms with E-state index in [1.165, 1.54) is 37.1 Å². The summed E-state index contributed by atoms with van der Waals surface area (Å²) in [6.45, 7) is 8.38. The van der Waals surface area contributed by atoms with Crippen LogP contribution in [0.2, 0.25) is 0 Å². The predicted molar refractivity (Wildman–Crippen MR) is 110 cm³/mol. The molecule has 2 saturated heterocycles. The van der Waals surface area contributed by atoms with Crippen LogP contribution in [0.4, 0.5) is 0 Å². The summed E-state index contributed by atoms with van der Waals surface area (Å²) in [6.07, 6.45) is 11.9. The van der Waals surface area contributed by atoms with Gasteiger partial charge in [-0.15, -0.1) is 0 Å². The largest absolute Gasteiger partial charge is 0.357 e. The molecule has 2 aliphatic rings. The molecular weight excluding hydrogens is 350 g/mol. The van der Waals surface area contributed by atoms with Gasteiger partial charge in [-0.1, -0.05) is 13.0 Å². The van der Waals surface area contributed by atoms with E-state index in [2.05, 4.69) is 43.6 Å². The van der Waals surface area contributed by atoms with E-state index < -0.39 is 0 Å². The normalized spacial score (nSPS) is 23.5. The molecule has 152 valence electrons. The van der Waals surface area contributed by atoms with Crippen molar-refractivity contribution in [1.82, 2.24) is 24.6 Å². The van der Waals surface area contributed by atoms with Crippen LogP contribution in [0.1, 0.15) is 56.5 Å². The molecule has 0 amide bonds. The van der Waals surface area contributed by atoms with Gasteiger partial charge in [0.2, 0.25) is 0 Å². The van der Waals surface area contributed by atoms with Crippen LogP contribution in [-0.2, 0) is 17.8 Å². The van der Waals surface area contributed by atoms with Crippen molar-refractivity contribution in [3.63, 3.8) is 0 Å². The lowest BCUT2D eigenvalue weighted by molar-refractivity contribution is -0.0422. The number of ether oxygens (including phenoxy) is 1. The Bertz CT molecular complexity index is 713. The van der Waals surface area contributed by atoms with E-state index in [0.29, 0.717) is 6.04 Å². The number of hydrogen-bond acceptors (Lipinski definition) is 5. The monoisotopic (exact) mass is 383 g/mol. The molecule has 6 heteroatoms. The molecule has 0 N–H and O–H groups in total. The lowest BCUT2D eigenvalue weighted by Crippen LogP contribution is -2.40. The molecule has 2 fully saturated rings. The summed E-state index contributed by atoms with van der Waals surface area (Å²) in [5.74, 6) is 0. The Morgan fingerprint density at radius 2 is 2.11 bits per heavy atom. The van der Waals surface area contributed by atoms with E-state index >= 15 is 0 Å². The van der Waals surface area contributed by atoms with Gasteiger partial charge < -0.3 is 4.74 Å². The van der Waals surface area contributed by atoms with Crippen molar-refractivity contribution >= 4 is 0 Å². The minimum atomic E-state index is 0.0950. The second-order valence-corrected chi connectivity index (χ2v) is 8.04. The molecule has 0 bridgehead atoms. The zero-order valence-corrected chi connectivity index (χ0v) is 17.0. The maximum absolute atomic E-state index is 5.99. The summed E-state index contributed by atoms with van der Waals surface area (Å²) >= 11 is 0. The van der Waals surface area contributed by atoms with Crippen molar-refractivity contribution in [1.29, 1.82) is 0 Å². The van der Waals surface area contributed by atoms with Gasteiger partial charge in [-0.3, -0.25) is 14.8 Å². The second kappa shape index (κ2) is 9.63. The van der Waals surface area contributed by atoms with Crippen LogP contribution in [0.15, 0.2) is 36.8 Å². The van der Waals surface area contributed by atoms with E-state index in [1.807, 2.05) is 24.7 Å². The average Bonchev–Trinajstić information content (AvgIpc) is 3.38. The molecule has 0 spiro atoms. The number of nitrogens with zero attached hydrogens (tertiary/aromatic N) is 5. The SMILES string of the molecule is CCN1CCC[C@@H]1CN(Cc1cccnc1)Cc1ccnn1[C@@H]1CCCCO1. The molecule has 0 unspecified atom stereocenters. The highest BCUT2D eigenvalue weighted by Gasteiger charge is 2.26. The van der Waals surface area contributed by atoms with Gasteiger partial charge in [0.25, 0.3) is 0 Å². The van der Waals surface area contributed by atoms with Gasteiger partial charge in [0.15, 0.2) is 6.23 Å². The van der Waals surface area contributed by atoms with Gasteiger partial charge >= 0.3 is 0 Å². The van der Waals surface area contributed by atoms with Gasteiger partial charge in [0.1, 0.15) is 0 Å². The van der Waals surface area contributed by atoms with Crippen LogP contribution in [0.3, 0.4) is 0 Å². The number of pyridine rings is 1. The Labute approximate surface area is 168 Å². The Kier molecular flexibility index (Phi) is 6.73. The van der Waals surface area contributed by atoms with Crippen molar-refractivity contribution in [3.8, 4) is 0 Å². The predicted octanol–water partition coefficient (Wildman–Crippen LogP) is 3.46. The van der Waals surface area contributed by atoms with Gasteiger partial charge in [-0.05, 0) is 62.9 Å². The van der Waals surface area contributed by atoms with E-state index in [9.17, 15) is 0 Å². The van der Waals surface area contributed by atoms with E-state index in [-0.39, 0.29) is 6.23 Å². The number of aromatic nitrogens is 3. The third kappa shape index (κ3) is 4.80. The summed E-state index contributed by atoms with van der Waals surface area (Å²) in [5, 5.41) is 4.61. The van der Waals surface area contributed by atoms with Crippen molar-refractivity contribution in [2.75, 3.05) is 26.2 Å². The Balaban J connectivity index is 1.49.